The minimum Gasteiger partial charge on any atom is -0.381 e. The van der Waals surface area contributed by atoms with Crippen LogP contribution in [0.5, 0.6) is 0 Å². The zero-order valence-electron chi connectivity index (χ0n) is 7.09. The van der Waals surface area contributed by atoms with Crippen LogP contribution < -0.4 is 5.32 Å². The molecule has 3 nitrogen and oxygen atoms in total. The molecule has 0 saturated carbocycles. The van der Waals surface area contributed by atoms with Gasteiger partial charge in [-0.25, -0.2) is 0 Å². The Kier molecular flexibility index (Phi) is 2.88. The first-order valence-electron chi connectivity index (χ1n) is 4.07. The monoisotopic (exact) mass is 157 g/mol. The number of nitrogens with one attached hydrogen (secondary N) is 1. The Morgan fingerprint density at radius 3 is 2.91 bits per heavy atom. The highest BCUT2D eigenvalue weighted by Crippen LogP contribution is 2.18. The number of carbonyl (C=O) groups is 1. The number of hydrogen-bond donors (Lipinski definition) is 1. The predicted octanol–water partition coefficient (Wildman–Crippen LogP) is 0.547. The Balaban J connectivity index is 2.40. The fourth-order valence-corrected chi connectivity index (χ4v) is 1.58. The summed E-state index contributed by atoms with van der Waals surface area (Å²) < 4.78 is 5.24. The molecule has 1 heterocycles. The van der Waals surface area contributed by atoms with Gasteiger partial charge in [-0.15, -0.1) is 0 Å². The second-order valence-corrected chi connectivity index (χ2v) is 2.95. The number of methoxy groups -OCH3 is 1. The van der Waals surface area contributed by atoms with Crippen LogP contribution in [0, 0.1) is 5.92 Å². The van der Waals surface area contributed by atoms with E-state index in [0.717, 1.165) is 13.0 Å². The van der Waals surface area contributed by atoms with Gasteiger partial charge >= 0.3 is 0 Å². The highest BCUT2D eigenvalue weighted by atomic mass is 16.5. The molecule has 0 spiro atoms. The molecule has 1 N–H and O–H groups in total. The lowest BCUT2D eigenvalue weighted by Gasteiger charge is -2.18. The summed E-state index contributed by atoms with van der Waals surface area (Å²) in [6, 6.07) is 0. The predicted molar refractivity (Wildman–Crippen MR) is 42.2 cm³/mol. The summed E-state index contributed by atoms with van der Waals surface area (Å²) in [5, 5.41) is 2.80. The lowest BCUT2D eigenvalue weighted by atomic mass is 9.99. The number of carbonyl (C=O) groups excluding carboxylic acids is 1. The summed E-state index contributed by atoms with van der Waals surface area (Å²) in [6.45, 7) is 2.86. The molecule has 0 aliphatic carbocycles. The molecular formula is C8H15NO2. The molecular weight excluding hydrogens is 142 g/mol. The van der Waals surface area contributed by atoms with Gasteiger partial charge in [-0.3, -0.25) is 4.79 Å². The van der Waals surface area contributed by atoms with Gasteiger partial charge in [-0.05, 0) is 6.42 Å². The highest BCUT2D eigenvalue weighted by Gasteiger charge is 2.27. The maximum atomic E-state index is 10.8. The van der Waals surface area contributed by atoms with E-state index in [-0.39, 0.29) is 12.0 Å². The molecule has 1 amide bonds. The van der Waals surface area contributed by atoms with Crippen molar-refractivity contribution in [3.8, 4) is 0 Å². The number of rotatable bonds is 3. The van der Waals surface area contributed by atoms with Crippen LogP contribution in [0.2, 0.25) is 0 Å². The van der Waals surface area contributed by atoms with Crippen molar-refractivity contribution in [2.45, 2.75) is 25.9 Å². The molecule has 1 aliphatic heterocycles. The smallest absolute Gasteiger partial charge is 0.220 e. The minimum atomic E-state index is 0.158. The SMILES string of the molecule is CC[C@H](OC)[C@H]1CNC(=O)C1. The van der Waals surface area contributed by atoms with Crippen molar-refractivity contribution < 1.29 is 9.53 Å². The molecule has 64 valence electrons. The summed E-state index contributed by atoms with van der Waals surface area (Å²) in [4.78, 5) is 10.8. The van der Waals surface area contributed by atoms with E-state index in [4.69, 9.17) is 4.74 Å². The van der Waals surface area contributed by atoms with E-state index >= 15 is 0 Å². The maximum Gasteiger partial charge on any atom is 0.220 e. The van der Waals surface area contributed by atoms with Crippen molar-refractivity contribution >= 4 is 5.91 Å². The van der Waals surface area contributed by atoms with Crippen molar-refractivity contribution in [2.24, 2.45) is 5.92 Å². The molecule has 2 atom stereocenters. The summed E-state index contributed by atoms with van der Waals surface area (Å²) >= 11 is 0. The Morgan fingerprint density at radius 2 is 2.55 bits per heavy atom. The molecule has 0 aromatic heterocycles. The van der Waals surface area contributed by atoms with E-state index < -0.39 is 0 Å². The fraction of sp³-hybridized carbons (Fsp3) is 0.875. The third-order valence-electron chi connectivity index (χ3n) is 2.24. The van der Waals surface area contributed by atoms with Gasteiger partial charge in [0, 0.05) is 26.0 Å². The van der Waals surface area contributed by atoms with E-state index in [2.05, 4.69) is 12.2 Å². The van der Waals surface area contributed by atoms with Gasteiger partial charge in [0.1, 0.15) is 0 Å². The number of hydrogen-bond acceptors (Lipinski definition) is 2. The molecule has 1 saturated heterocycles. The van der Waals surface area contributed by atoms with Crippen LogP contribution in [0.15, 0.2) is 0 Å². The third kappa shape index (κ3) is 1.93. The first kappa shape index (κ1) is 8.53. The standard InChI is InChI=1S/C8H15NO2/c1-3-7(11-2)6-4-8(10)9-5-6/h6-7H,3-5H2,1-2H3,(H,9,10)/t6-,7+/m1/s1. The van der Waals surface area contributed by atoms with Gasteiger partial charge in [0.05, 0.1) is 6.10 Å². The van der Waals surface area contributed by atoms with Crippen LogP contribution in [0.25, 0.3) is 0 Å². The molecule has 0 radical (unpaired) electrons. The van der Waals surface area contributed by atoms with Gasteiger partial charge in [-0.1, -0.05) is 6.92 Å². The molecule has 0 bridgehead atoms. The Hall–Kier alpha value is -0.570. The summed E-state index contributed by atoms with van der Waals surface area (Å²) in [5.74, 6) is 0.544. The quantitative estimate of drug-likeness (QED) is 0.649. The van der Waals surface area contributed by atoms with E-state index in [1.807, 2.05) is 0 Å². The largest absolute Gasteiger partial charge is 0.381 e. The topological polar surface area (TPSA) is 38.3 Å². The third-order valence-corrected chi connectivity index (χ3v) is 2.24. The van der Waals surface area contributed by atoms with Crippen molar-refractivity contribution in [2.75, 3.05) is 13.7 Å². The van der Waals surface area contributed by atoms with Crippen LogP contribution in [0.4, 0.5) is 0 Å². The van der Waals surface area contributed by atoms with Crippen LogP contribution in [0.1, 0.15) is 19.8 Å². The average molecular weight is 157 g/mol. The Labute approximate surface area is 67.1 Å². The van der Waals surface area contributed by atoms with Gasteiger partial charge in [0.2, 0.25) is 5.91 Å². The number of amides is 1. The zero-order valence-corrected chi connectivity index (χ0v) is 7.09. The molecule has 1 fully saturated rings. The summed E-state index contributed by atoms with van der Waals surface area (Å²) in [5.41, 5.74) is 0. The Bertz CT molecular complexity index is 143. The molecule has 0 aromatic rings. The van der Waals surface area contributed by atoms with Crippen molar-refractivity contribution in [3.05, 3.63) is 0 Å². The number of ether oxygens (including phenoxy) is 1. The molecule has 11 heavy (non-hydrogen) atoms. The first-order valence-corrected chi connectivity index (χ1v) is 4.07. The van der Waals surface area contributed by atoms with Crippen molar-refractivity contribution in [1.29, 1.82) is 0 Å². The minimum absolute atomic E-state index is 0.158. The molecule has 1 aliphatic rings. The molecule has 0 unspecified atom stereocenters. The van der Waals surface area contributed by atoms with Crippen molar-refractivity contribution in [1.82, 2.24) is 5.32 Å². The summed E-state index contributed by atoms with van der Waals surface area (Å²) in [7, 11) is 1.71. The fourth-order valence-electron chi connectivity index (χ4n) is 1.58. The van der Waals surface area contributed by atoms with E-state index in [9.17, 15) is 4.79 Å². The van der Waals surface area contributed by atoms with Crippen LogP contribution >= 0.6 is 0 Å². The normalized spacial score (nSPS) is 26.7. The van der Waals surface area contributed by atoms with Crippen LogP contribution in [0.3, 0.4) is 0 Å². The maximum absolute atomic E-state index is 10.8. The van der Waals surface area contributed by atoms with E-state index in [1.54, 1.807) is 7.11 Å². The zero-order chi connectivity index (χ0) is 8.27. The van der Waals surface area contributed by atoms with Crippen LogP contribution in [-0.2, 0) is 9.53 Å². The van der Waals surface area contributed by atoms with Crippen LogP contribution in [-0.4, -0.2) is 25.7 Å². The second kappa shape index (κ2) is 3.72. The molecule has 0 aromatic carbocycles. The van der Waals surface area contributed by atoms with Gasteiger partial charge in [0.15, 0.2) is 0 Å². The lowest BCUT2D eigenvalue weighted by Crippen LogP contribution is -2.24. The van der Waals surface area contributed by atoms with Gasteiger partial charge in [-0.2, -0.15) is 0 Å². The first-order chi connectivity index (χ1) is 5.27. The molecule has 3 heteroatoms. The molecule has 1 rings (SSSR count). The Morgan fingerprint density at radius 1 is 1.82 bits per heavy atom. The highest BCUT2D eigenvalue weighted by molar-refractivity contribution is 5.78. The lowest BCUT2D eigenvalue weighted by molar-refractivity contribution is -0.119. The van der Waals surface area contributed by atoms with Gasteiger partial charge in [0.25, 0.3) is 0 Å². The van der Waals surface area contributed by atoms with Crippen molar-refractivity contribution in [3.63, 3.8) is 0 Å². The van der Waals surface area contributed by atoms with E-state index in [0.29, 0.717) is 12.3 Å². The average Bonchev–Trinajstić information content (AvgIpc) is 2.39. The van der Waals surface area contributed by atoms with E-state index in [1.165, 1.54) is 0 Å². The van der Waals surface area contributed by atoms with Gasteiger partial charge < -0.3 is 10.1 Å². The second-order valence-electron chi connectivity index (χ2n) is 2.95. The summed E-state index contributed by atoms with van der Waals surface area (Å²) in [6.07, 6.45) is 1.86.